The van der Waals surface area contributed by atoms with E-state index >= 15 is 0 Å². The molecule has 1 N–H and O–H groups in total. The van der Waals surface area contributed by atoms with Crippen molar-refractivity contribution in [1.29, 1.82) is 0 Å². The van der Waals surface area contributed by atoms with E-state index in [4.69, 9.17) is 4.74 Å². The van der Waals surface area contributed by atoms with Gasteiger partial charge in [-0.3, -0.25) is 4.79 Å². The Bertz CT molecular complexity index is 968. The molecule has 1 amide bonds. The molecular weight excluding hydrogens is 366 g/mol. The van der Waals surface area contributed by atoms with E-state index in [-0.39, 0.29) is 5.91 Å². The van der Waals surface area contributed by atoms with Crippen molar-refractivity contribution < 1.29 is 14.3 Å². The van der Waals surface area contributed by atoms with Crippen LogP contribution in [-0.4, -0.2) is 19.0 Å². The molecule has 0 aliphatic heterocycles. The van der Waals surface area contributed by atoms with Crippen molar-refractivity contribution in [2.45, 2.75) is 20.8 Å². The monoisotopic (exact) mass is 385 g/mol. The van der Waals surface area contributed by atoms with Gasteiger partial charge in [-0.05, 0) is 43.3 Å². The number of carbonyl (C=O) groups excluding carboxylic acids is 2. The maximum absolute atomic E-state index is 12.9. The summed E-state index contributed by atoms with van der Waals surface area (Å²) < 4.78 is 4.87. The molecule has 0 atom stereocenters. The quantitative estimate of drug-likeness (QED) is 0.608. The number of hydrogen-bond acceptors (Lipinski definition) is 5. The molecular formula is C20H19NO3S2. The van der Waals surface area contributed by atoms with Crippen LogP contribution in [0.25, 0.3) is 11.1 Å². The molecule has 0 fully saturated rings. The molecule has 0 bridgehead atoms. The number of ether oxygens (including phenoxy) is 1. The molecule has 2 heterocycles. The van der Waals surface area contributed by atoms with Gasteiger partial charge in [0.1, 0.15) is 9.88 Å². The van der Waals surface area contributed by atoms with E-state index in [9.17, 15) is 9.59 Å². The van der Waals surface area contributed by atoms with Gasteiger partial charge in [-0.1, -0.05) is 29.8 Å². The van der Waals surface area contributed by atoms with Crippen LogP contribution in [0.5, 0.6) is 0 Å². The summed E-state index contributed by atoms with van der Waals surface area (Å²) >= 11 is 2.77. The second kappa shape index (κ2) is 7.43. The minimum Gasteiger partial charge on any atom is -0.465 e. The molecule has 1 aromatic carbocycles. The van der Waals surface area contributed by atoms with E-state index in [2.05, 4.69) is 5.32 Å². The van der Waals surface area contributed by atoms with E-state index in [1.54, 1.807) is 0 Å². The summed E-state index contributed by atoms with van der Waals surface area (Å²) in [6.07, 6.45) is 0. The van der Waals surface area contributed by atoms with E-state index in [1.807, 2.05) is 56.5 Å². The first-order valence-electron chi connectivity index (χ1n) is 8.06. The van der Waals surface area contributed by atoms with Crippen molar-refractivity contribution in [3.8, 4) is 11.1 Å². The van der Waals surface area contributed by atoms with E-state index in [1.165, 1.54) is 35.3 Å². The van der Waals surface area contributed by atoms with Crippen molar-refractivity contribution in [2.24, 2.45) is 0 Å². The van der Waals surface area contributed by atoms with Crippen molar-refractivity contribution in [1.82, 2.24) is 0 Å². The fourth-order valence-corrected chi connectivity index (χ4v) is 4.52. The number of benzene rings is 1. The summed E-state index contributed by atoms with van der Waals surface area (Å²) in [5, 5.41) is 5.33. The lowest BCUT2D eigenvalue weighted by Gasteiger charge is -2.07. The van der Waals surface area contributed by atoms with Crippen molar-refractivity contribution in [3.05, 3.63) is 62.2 Å². The Morgan fingerprint density at radius 3 is 2.38 bits per heavy atom. The summed E-state index contributed by atoms with van der Waals surface area (Å²) in [4.78, 5) is 26.6. The second-order valence-corrected chi connectivity index (χ2v) is 8.10. The van der Waals surface area contributed by atoms with Crippen LogP contribution in [0.2, 0.25) is 0 Å². The lowest BCUT2D eigenvalue weighted by atomic mass is 10.0. The lowest BCUT2D eigenvalue weighted by molar-refractivity contribution is 0.0601. The van der Waals surface area contributed by atoms with Gasteiger partial charge in [0.25, 0.3) is 5.91 Å². The summed E-state index contributed by atoms with van der Waals surface area (Å²) in [7, 11) is 1.34. The zero-order valence-corrected chi connectivity index (χ0v) is 16.6. The molecule has 6 heteroatoms. The van der Waals surface area contributed by atoms with E-state index in [0.29, 0.717) is 15.4 Å². The Balaban J connectivity index is 1.93. The Kier molecular flexibility index (Phi) is 5.25. The normalized spacial score (nSPS) is 10.6. The van der Waals surface area contributed by atoms with Crippen molar-refractivity contribution in [2.75, 3.05) is 12.4 Å². The van der Waals surface area contributed by atoms with Gasteiger partial charge in [0.2, 0.25) is 0 Å². The molecule has 26 heavy (non-hydrogen) atoms. The molecule has 3 rings (SSSR count). The fourth-order valence-electron chi connectivity index (χ4n) is 2.67. The van der Waals surface area contributed by atoms with Crippen LogP contribution in [0.4, 0.5) is 5.00 Å². The summed E-state index contributed by atoms with van der Waals surface area (Å²) in [6.45, 7) is 5.81. The highest BCUT2D eigenvalue weighted by Crippen LogP contribution is 2.35. The van der Waals surface area contributed by atoms with Crippen molar-refractivity contribution in [3.63, 3.8) is 0 Å². The first-order chi connectivity index (χ1) is 12.4. The number of amides is 1. The van der Waals surface area contributed by atoms with E-state index in [0.717, 1.165) is 21.6 Å². The zero-order valence-electron chi connectivity index (χ0n) is 15.0. The number of esters is 1. The minimum atomic E-state index is -0.438. The molecule has 0 saturated carbocycles. The van der Waals surface area contributed by atoms with Crippen LogP contribution in [0.15, 0.2) is 35.7 Å². The Morgan fingerprint density at radius 1 is 1.04 bits per heavy atom. The average Bonchev–Trinajstić information content (AvgIpc) is 3.21. The highest BCUT2D eigenvalue weighted by Gasteiger charge is 2.23. The molecule has 4 nitrogen and oxygen atoms in total. The van der Waals surface area contributed by atoms with E-state index < -0.39 is 5.97 Å². The van der Waals surface area contributed by atoms with Crippen LogP contribution in [-0.2, 0) is 4.74 Å². The number of carbonyl (C=O) groups is 2. The fraction of sp³-hybridized carbons (Fsp3) is 0.200. The predicted molar refractivity (Wildman–Crippen MR) is 108 cm³/mol. The Hall–Kier alpha value is -2.44. The molecule has 2 aromatic heterocycles. The van der Waals surface area contributed by atoms with Crippen LogP contribution in [0.1, 0.15) is 36.0 Å². The second-order valence-electron chi connectivity index (χ2n) is 5.96. The number of nitrogens with one attached hydrogen (secondary N) is 1. The Labute approximate surface area is 160 Å². The largest absolute Gasteiger partial charge is 0.465 e. The van der Waals surface area contributed by atoms with Gasteiger partial charge in [-0.25, -0.2) is 4.79 Å². The summed E-state index contributed by atoms with van der Waals surface area (Å²) in [6, 6.07) is 10.0. The third-order valence-corrected chi connectivity index (χ3v) is 6.27. The summed E-state index contributed by atoms with van der Waals surface area (Å²) in [5.74, 6) is -0.658. The zero-order chi connectivity index (χ0) is 18.8. The predicted octanol–water partition coefficient (Wildman–Crippen LogP) is 5.44. The average molecular weight is 386 g/mol. The van der Waals surface area contributed by atoms with Gasteiger partial charge in [0, 0.05) is 10.4 Å². The van der Waals surface area contributed by atoms with Gasteiger partial charge in [0.05, 0.1) is 12.7 Å². The topological polar surface area (TPSA) is 55.4 Å². The van der Waals surface area contributed by atoms with Crippen LogP contribution >= 0.6 is 22.7 Å². The lowest BCUT2D eigenvalue weighted by Crippen LogP contribution is -2.13. The van der Waals surface area contributed by atoms with Crippen LogP contribution in [0.3, 0.4) is 0 Å². The third-order valence-electron chi connectivity index (χ3n) is 4.24. The molecule has 0 spiro atoms. The number of aryl methyl sites for hydroxylation is 2. The maximum Gasteiger partial charge on any atom is 0.341 e. The van der Waals surface area contributed by atoms with Crippen LogP contribution < -0.4 is 5.32 Å². The minimum absolute atomic E-state index is 0.220. The molecule has 0 aliphatic rings. The molecule has 0 saturated heterocycles. The van der Waals surface area contributed by atoms with Gasteiger partial charge in [0.15, 0.2) is 0 Å². The number of rotatable bonds is 4. The SMILES string of the molecule is COC(=O)c1c(NC(=O)c2sccc2-c2ccc(C)cc2)sc(C)c1C. The third kappa shape index (κ3) is 3.43. The van der Waals surface area contributed by atoms with Crippen LogP contribution in [0, 0.1) is 20.8 Å². The molecule has 3 aromatic rings. The van der Waals surface area contributed by atoms with Gasteiger partial charge in [-0.2, -0.15) is 0 Å². The van der Waals surface area contributed by atoms with Gasteiger partial charge >= 0.3 is 5.97 Å². The molecule has 134 valence electrons. The highest BCUT2D eigenvalue weighted by atomic mass is 32.1. The molecule has 0 radical (unpaired) electrons. The number of methoxy groups -OCH3 is 1. The molecule has 0 aliphatic carbocycles. The van der Waals surface area contributed by atoms with Gasteiger partial charge < -0.3 is 10.1 Å². The van der Waals surface area contributed by atoms with Crippen molar-refractivity contribution >= 4 is 39.6 Å². The highest BCUT2D eigenvalue weighted by molar-refractivity contribution is 7.17. The number of thiophene rings is 2. The first-order valence-corrected chi connectivity index (χ1v) is 9.76. The number of anilines is 1. The van der Waals surface area contributed by atoms with Gasteiger partial charge in [-0.15, -0.1) is 22.7 Å². The standard InChI is InChI=1S/C20H19NO3S2/c1-11-5-7-14(8-6-11)15-9-10-25-17(15)18(22)21-19-16(20(23)24-4)12(2)13(3)26-19/h5-10H,1-4H3,(H,21,22). The maximum atomic E-state index is 12.9. The first kappa shape index (κ1) is 18.4. The summed E-state index contributed by atoms with van der Waals surface area (Å²) in [5.41, 5.74) is 4.31. The molecule has 0 unspecified atom stereocenters. The Morgan fingerprint density at radius 2 is 1.73 bits per heavy atom. The smallest absolute Gasteiger partial charge is 0.341 e. The number of hydrogen-bond donors (Lipinski definition) is 1.